The molecule has 0 bridgehead atoms. The number of aliphatic hydroxyl groups is 1. The second-order valence-electron chi connectivity index (χ2n) is 11.4. The van der Waals surface area contributed by atoms with Gasteiger partial charge in [-0.1, -0.05) is 39.0 Å². The molecule has 1 atom stereocenters. The number of halogens is 1. The number of nitrogens with one attached hydrogen (secondary N) is 1. The first kappa shape index (κ1) is 30.3. The van der Waals surface area contributed by atoms with E-state index in [9.17, 15) is 23.9 Å². The highest BCUT2D eigenvalue weighted by Crippen LogP contribution is 2.26. The van der Waals surface area contributed by atoms with Crippen LogP contribution in [0.2, 0.25) is 0 Å². The van der Waals surface area contributed by atoms with Gasteiger partial charge in [0, 0.05) is 61.7 Å². The van der Waals surface area contributed by atoms with Crippen LogP contribution in [0, 0.1) is 5.82 Å². The Labute approximate surface area is 243 Å². The zero-order valence-electron chi connectivity index (χ0n) is 24.5. The zero-order chi connectivity index (χ0) is 30.8. The summed E-state index contributed by atoms with van der Waals surface area (Å²) in [4.78, 5) is 43.4. The molecule has 218 valence electrons. The summed E-state index contributed by atoms with van der Waals surface area (Å²) in [6.45, 7) is 6.24. The summed E-state index contributed by atoms with van der Waals surface area (Å²) in [5.41, 5.74) is 3.24. The second kappa shape index (κ2) is 12.0. The average molecular weight is 572 g/mol. The first-order valence-electron chi connectivity index (χ1n) is 13.4. The van der Waals surface area contributed by atoms with Crippen molar-refractivity contribution >= 4 is 17.5 Å². The molecule has 9 nitrogen and oxygen atoms in total. The van der Waals surface area contributed by atoms with Gasteiger partial charge in [0.15, 0.2) is 6.10 Å². The molecule has 2 N–H and O–H groups in total. The van der Waals surface area contributed by atoms with Gasteiger partial charge in [-0.25, -0.2) is 9.07 Å². The van der Waals surface area contributed by atoms with E-state index < -0.39 is 23.7 Å². The lowest BCUT2D eigenvalue weighted by atomic mass is 9.87. The largest absolute Gasteiger partial charge is 0.378 e. The maximum Gasteiger partial charge on any atom is 0.270 e. The number of hydrogen-bond donors (Lipinski definition) is 2. The Morgan fingerprint density at radius 1 is 1.05 bits per heavy atom. The number of benzene rings is 2. The van der Waals surface area contributed by atoms with Crippen LogP contribution in [0.25, 0.3) is 11.3 Å². The fourth-order valence-corrected chi connectivity index (χ4v) is 4.32. The molecule has 0 unspecified atom stereocenters. The maximum atomic E-state index is 14.7. The summed E-state index contributed by atoms with van der Waals surface area (Å²) in [6, 6.07) is 16.2. The molecule has 10 heteroatoms. The molecule has 0 fully saturated rings. The van der Waals surface area contributed by atoms with Gasteiger partial charge in [0.1, 0.15) is 5.82 Å². The SMILES string of the molecule is CN(C)C(=O)[C@@H](O)c1ccc(Cc2cc(-c3ccc(F)c(NC(=O)c4ccc(C(C)(C)C)cc4)c3)nn(C)c2=O)nc1. The summed E-state index contributed by atoms with van der Waals surface area (Å²) in [5.74, 6) is -1.53. The van der Waals surface area contributed by atoms with Gasteiger partial charge in [0.25, 0.3) is 17.4 Å². The molecule has 2 aromatic carbocycles. The minimum atomic E-state index is -1.34. The van der Waals surface area contributed by atoms with Gasteiger partial charge in [-0.15, -0.1) is 0 Å². The highest BCUT2D eigenvalue weighted by Gasteiger charge is 2.20. The molecule has 0 aliphatic rings. The molecule has 2 heterocycles. The Balaban J connectivity index is 1.57. The number of anilines is 1. The number of nitrogens with zero attached hydrogens (tertiary/aromatic N) is 4. The molecule has 2 amide bonds. The van der Waals surface area contributed by atoms with Crippen molar-refractivity contribution in [2.24, 2.45) is 7.05 Å². The Bertz CT molecular complexity index is 1670. The average Bonchev–Trinajstić information content (AvgIpc) is 2.95. The molecule has 4 rings (SSSR count). The van der Waals surface area contributed by atoms with Crippen LogP contribution in [-0.2, 0) is 23.7 Å². The van der Waals surface area contributed by atoms with E-state index in [1.807, 2.05) is 12.1 Å². The van der Waals surface area contributed by atoms with Gasteiger partial charge in [-0.2, -0.15) is 5.10 Å². The van der Waals surface area contributed by atoms with Crippen molar-refractivity contribution < 1.29 is 19.1 Å². The molecular weight excluding hydrogens is 537 g/mol. The molecule has 0 aliphatic heterocycles. The Morgan fingerprint density at radius 2 is 1.74 bits per heavy atom. The van der Waals surface area contributed by atoms with Crippen LogP contribution >= 0.6 is 0 Å². The van der Waals surface area contributed by atoms with E-state index in [-0.39, 0.29) is 23.1 Å². The van der Waals surface area contributed by atoms with Gasteiger partial charge < -0.3 is 15.3 Å². The van der Waals surface area contributed by atoms with Crippen LogP contribution in [0.4, 0.5) is 10.1 Å². The summed E-state index contributed by atoms with van der Waals surface area (Å²) in [5, 5.41) is 17.2. The normalized spacial score (nSPS) is 12.1. The summed E-state index contributed by atoms with van der Waals surface area (Å²) < 4.78 is 15.9. The highest BCUT2D eigenvalue weighted by molar-refractivity contribution is 6.04. The van der Waals surface area contributed by atoms with Crippen LogP contribution in [0.3, 0.4) is 0 Å². The number of carbonyl (C=O) groups excluding carboxylic acids is 2. The molecule has 0 saturated heterocycles. The van der Waals surface area contributed by atoms with Crippen molar-refractivity contribution in [2.45, 2.75) is 38.7 Å². The lowest BCUT2D eigenvalue weighted by molar-refractivity contribution is -0.137. The van der Waals surface area contributed by atoms with Crippen LogP contribution in [0.15, 0.2) is 71.7 Å². The summed E-state index contributed by atoms with van der Waals surface area (Å²) >= 11 is 0. The van der Waals surface area contributed by atoms with E-state index in [4.69, 9.17) is 0 Å². The fraction of sp³-hybridized carbons (Fsp3) is 0.281. The number of hydrogen-bond acceptors (Lipinski definition) is 6. The van der Waals surface area contributed by atoms with Crippen molar-refractivity contribution in [1.82, 2.24) is 19.7 Å². The van der Waals surface area contributed by atoms with Gasteiger partial charge in [-0.05, 0) is 53.4 Å². The van der Waals surface area contributed by atoms with E-state index in [1.165, 1.54) is 41.0 Å². The second-order valence-corrected chi connectivity index (χ2v) is 11.4. The number of amides is 2. The Morgan fingerprint density at radius 3 is 2.33 bits per heavy atom. The van der Waals surface area contributed by atoms with E-state index in [0.717, 1.165) is 5.56 Å². The van der Waals surface area contributed by atoms with Crippen LogP contribution < -0.4 is 10.9 Å². The first-order valence-corrected chi connectivity index (χ1v) is 13.4. The molecule has 0 saturated carbocycles. The van der Waals surface area contributed by atoms with E-state index in [2.05, 4.69) is 36.2 Å². The Kier molecular flexibility index (Phi) is 8.67. The lowest BCUT2D eigenvalue weighted by Gasteiger charge is -2.19. The number of aryl methyl sites for hydroxylation is 1. The van der Waals surface area contributed by atoms with E-state index >= 15 is 0 Å². The van der Waals surface area contributed by atoms with Crippen molar-refractivity contribution in [3.63, 3.8) is 0 Å². The van der Waals surface area contributed by atoms with Gasteiger partial charge >= 0.3 is 0 Å². The van der Waals surface area contributed by atoms with E-state index in [0.29, 0.717) is 33.6 Å². The van der Waals surface area contributed by atoms with Crippen molar-refractivity contribution in [1.29, 1.82) is 0 Å². The minimum Gasteiger partial charge on any atom is -0.378 e. The van der Waals surface area contributed by atoms with Crippen LogP contribution in [-0.4, -0.2) is 50.7 Å². The molecule has 0 radical (unpaired) electrons. The summed E-state index contributed by atoms with van der Waals surface area (Å²) in [6.07, 6.45) is 0.229. The van der Waals surface area contributed by atoms with Crippen molar-refractivity contribution in [3.05, 3.63) is 111 Å². The third kappa shape index (κ3) is 6.77. The zero-order valence-corrected chi connectivity index (χ0v) is 24.5. The van der Waals surface area contributed by atoms with Crippen LogP contribution in [0.5, 0.6) is 0 Å². The minimum absolute atomic E-state index is 0.0160. The predicted molar refractivity (Wildman–Crippen MR) is 159 cm³/mol. The van der Waals surface area contributed by atoms with Crippen molar-refractivity contribution in [2.75, 3.05) is 19.4 Å². The molecule has 0 aliphatic carbocycles. The molecule has 2 aromatic heterocycles. The topological polar surface area (TPSA) is 117 Å². The van der Waals surface area contributed by atoms with Gasteiger partial charge in [0.2, 0.25) is 0 Å². The van der Waals surface area contributed by atoms with Gasteiger partial charge in [0.05, 0.1) is 11.4 Å². The smallest absolute Gasteiger partial charge is 0.270 e. The third-order valence-corrected chi connectivity index (χ3v) is 6.87. The molecule has 0 spiro atoms. The quantitative estimate of drug-likeness (QED) is 0.343. The number of carbonyl (C=O) groups is 2. The third-order valence-electron chi connectivity index (χ3n) is 6.87. The number of aromatic nitrogens is 3. The fourth-order valence-electron chi connectivity index (χ4n) is 4.32. The first-order chi connectivity index (χ1) is 19.7. The Hall–Kier alpha value is -4.70. The molecular formula is C32H34FN5O4. The number of likely N-dealkylation sites (N-methyl/N-ethyl adjacent to an activating group) is 1. The number of rotatable bonds is 7. The maximum absolute atomic E-state index is 14.7. The van der Waals surface area contributed by atoms with Crippen LogP contribution in [0.1, 0.15) is 59.6 Å². The predicted octanol–water partition coefficient (Wildman–Crippen LogP) is 4.24. The highest BCUT2D eigenvalue weighted by atomic mass is 19.1. The summed E-state index contributed by atoms with van der Waals surface area (Å²) in [7, 11) is 4.62. The van der Waals surface area contributed by atoms with Gasteiger partial charge in [-0.3, -0.25) is 19.4 Å². The number of aliphatic hydroxyl groups excluding tert-OH is 1. The molecule has 4 aromatic rings. The molecule has 42 heavy (non-hydrogen) atoms. The van der Waals surface area contributed by atoms with Crippen molar-refractivity contribution in [3.8, 4) is 11.3 Å². The lowest BCUT2D eigenvalue weighted by Crippen LogP contribution is -2.28. The standard InChI is InChI=1S/C32H34FN5O4/c1-32(2,3)23-11-7-19(8-12-23)29(40)35-27-16-20(10-14-25(27)33)26-17-22(30(41)38(6)36-26)15-24-13-9-21(18-34-24)28(39)31(42)37(4)5/h7-14,16-18,28,39H,15H2,1-6H3,(H,35,40)/t28-/m0/s1. The monoisotopic (exact) mass is 571 g/mol. The number of pyridine rings is 1. The van der Waals surface area contributed by atoms with E-state index in [1.54, 1.807) is 44.4 Å².